The van der Waals surface area contributed by atoms with Gasteiger partial charge in [-0.1, -0.05) is 11.6 Å². The third-order valence-electron chi connectivity index (χ3n) is 1.02. The Kier molecular flexibility index (Phi) is 2.00. The molecule has 0 bridgehead atoms. The molecule has 0 amide bonds. The summed E-state index contributed by atoms with van der Waals surface area (Å²) in [7, 11) is 0. The summed E-state index contributed by atoms with van der Waals surface area (Å²) in [6, 6.07) is 0. The van der Waals surface area contributed by atoms with E-state index < -0.39 is 17.9 Å². The van der Waals surface area contributed by atoms with E-state index in [2.05, 4.69) is 4.52 Å². The second kappa shape index (κ2) is 2.79. The third-order valence-corrected chi connectivity index (χ3v) is 1.41. The number of carboxylic acids is 1. The van der Waals surface area contributed by atoms with Crippen LogP contribution in [0, 0.1) is 0 Å². The number of hydrogen-bond acceptors (Lipinski definition) is 3. The predicted octanol–water partition coefficient (Wildman–Crippen LogP) is 0.248. The van der Waals surface area contributed by atoms with Gasteiger partial charge in [0.05, 0.1) is 0 Å². The maximum Gasteiger partial charge on any atom is 0.311 e. The minimum Gasteiger partial charge on any atom is -0.481 e. The first-order valence-electron chi connectivity index (χ1n) is 2.69. The lowest BCUT2D eigenvalue weighted by atomic mass is 10.3. The summed E-state index contributed by atoms with van der Waals surface area (Å²) in [5, 5.41) is 9.98. The van der Waals surface area contributed by atoms with E-state index in [9.17, 15) is 9.59 Å². The zero-order valence-corrected chi connectivity index (χ0v) is 6.01. The Labute approximate surface area is 65.5 Å². The highest BCUT2D eigenvalue weighted by Gasteiger charge is 2.12. The van der Waals surface area contributed by atoms with Gasteiger partial charge in [0.15, 0.2) is 5.76 Å². The molecule has 6 heteroatoms. The van der Waals surface area contributed by atoms with E-state index in [1.54, 1.807) is 0 Å². The number of aromatic nitrogens is 1. The predicted molar refractivity (Wildman–Crippen MR) is 35.7 cm³/mol. The van der Waals surface area contributed by atoms with Gasteiger partial charge < -0.3 is 9.63 Å². The second-order valence-electron chi connectivity index (χ2n) is 1.84. The largest absolute Gasteiger partial charge is 0.481 e. The van der Waals surface area contributed by atoms with Gasteiger partial charge in [-0.15, -0.1) is 0 Å². The molecule has 0 saturated carbocycles. The van der Waals surface area contributed by atoms with Crippen molar-refractivity contribution < 1.29 is 14.4 Å². The van der Waals surface area contributed by atoms with E-state index in [0.717, 1.165) is 0 Å². The highest BCUT2D eigenvalue weighted by molar-refractivity contribution is 6.31. The summed E-state index contributed by atoms with van der Waals surface area (Å²) >= 11 is 5.35. The molecule has 11 heavy (non-hydrogen) atoms. The Bertz CT molecular complexity index is 325. The molecular weight excluding hydrogens is 174 g/mol. The van der Waals surface area contributed by atoms with E-state index in [4.69, 9.17) is 16.7 Å². The molecule has 0 unspecified atom stereocenters. The molecule has 0 spiro atoms. The fraction of sp³-hybridized carbons (Fsp3) is 0.200. The van der Waals surface area contributed by atoms with E-state index >= 15 is 0 Å². The molecular formula is C5H4ClNO4. The lowest BCUT2D eigenvalue weighted by molar-refractivity contribution is -0.136. The maximum absolute atomic E-state index is 10.5. The van der Waals surface area contributed by atoms with Gasteiger partial charge in [-0.2, -0.15) is 5.16 Å². The van der Waals surface area contributed by atoms with Gasteiger partial charge in [0.1, 0.15) is 11.4 Å². The van der Waals surface area contributed by atoms with Crippen LogP contribution in [0.15, 0.2) is 9.32 Å². The van der Waals surface area contributed by atoms with Crippen molar-refractivity contribution >= 4 is 17.6 Å². The van der Waals surface area contributed by atoms with Crippen molar-refractivity contribution in [1.82, 2.24) is 5.16 Å². The van der Waals surface area contributed by atoms with Crippen molar-refractivity contribution in [2.75, 3.05) is 0 Å². The van der Waals surface area contributed by atoms with E-state index in [0.29, 0.717) is 0 Å². The van der Waals surface area contributed by atoms with Gasteiger partial charge in [-0.05, 0) is 0 Å². The SMILES string of the molecule is O=C(O)Cc1o[nH]c(=O)c1Cl. The smallest absolute Gasteiger partial charge is 0.311 e. The number of halogens is 1. The molecule has 1 aromatic heterocycles. The zero-order chi connectivity index (χ0) is 8.43. The average molecular weight is 178 g/mol. The molecule has 2 N–H and O–H groups in total. The first-order valence-corrected chi connectivity index (χ1v) is 3.06. The molecule has 0 saturated heterocycles. The number of aliphatic carboxylic acids is 1. The number of nitrogens with one attached hydrogen (secondary N) is 1. The molecule has 0 aromatic carbocycles. The van der Waals surface area contributed by atoms with Gasteiger partial charge in [-0.3, -0.25) is 9.59 Å². The van der Waals surface area contributed by atoms with Crippen molar-refractivity contribution in [2.24, 2.45) is 0 Å². The second-order valence-corrected chi connectivity index (χ2v) is 2.22. The molecule has 0 radical (unpaired) electrons. The molecule has 1 aromatic rings. The zero-order valence-electron chi connectivity index (χ0n) is 5.26. The number of carbonyl (C=O) groups is 1. The van der Waals surface area contributed by atoms with Crippen LogP contribution in [0.25, 0.3) is 0 Å². The van der Waals surface area contributed by atoms with Crippen molar-refractivity contribution in [2.45, 2.75) is 6.42 Å². The van der Waals surface area contributed by atoms with E-state index in [1.165, 1.54) is 0 Å². The van der Waals surface area contributed by atoms with Crippen LogP contribution in [-0.4, -0.2) is 16.2 Å². The standard InChI is InChI=1S/C5H4ClNO4/c6-4-2(1-3(8)9)11-7-5(4)10/h1H2,(H,7,10)(H,8,9). The monoisotopic (exact) mass is 177 g/mol. The maximum atomic E-state index is 10.5. The van der Waals surface area contributed by atoms with Gasteiger partial charge in [0.25, 0.3) is 5.56 Å². The van der Waals surface area contributed by atoms with Crippen LogP contribution in [0.3, 0.4) is 0 Å². The fourth-order valence-corrected chi connectivity index (χ4v) is 0.719. The molecule has 5 nitrogen and oxygen atoms in total. The van der Waals surface area contributed by atoms with Crippen molar-refractivity contribution in [3.8, 4) is 0 Å². The summed E-state index contributed by atoms with van der Waals surface area (Å²) in [5.41, 5.74) is -0.608. The number of H-pyrrole nitrogens is 1. The molecule has 1 rings (SSSR count). The number of carboxylic acid groups (broad SMARTS) is 1. The van der Waals surface area contributed by atoms with Crippen LogP contribution in [0.5, 0.6) is 0 Å². The van der Waals surface area contributed by atoms with Gasteiger partial charge >= 0.3 is 5.97 Å². The van der Waals surface area contributed by atoms with Gasteiger partial charge in [0.2, 0.25) is 0 Å². The average Bonchev–Trinajstić information content (AvgIpc) is 2.18. The summed E-state index contributed by atoms with van der Waals surface area (Å²) in [5.74, 6) is -1.15. The Morgan fingerprint density at radius 1 is 1.73 bits per heavy atom. The minimum absolute atomic E-state index is 0.0517. The highest BCUT2D eigenvalue weighted by atomic mass is 35.5. The first kappa shape index (κ1) is 7.87. The molecule has 1 heterocycles. The fourth-order valence-electron chi connectivity index (χ4n) is 0.575. The molecule has 0 aliphatic heterocycles. The van der Waals surface area contributed by atoms with Crippen LogP contribution in [0.2, 0.25) is 5.02 Å². The normalized spacial score (nSPS) is 9.91. The lowest BCUT2D eigenvalue weighted by Gasteiger charge is -1.86. The lowest BCUT2D eigenvalue weighted by Crippen LogP contribution is -2.01. The van der Waals surface area contributed by atoms with E-state index in [-0.39, 0.29) is 10.8 Å². The first-order chi connectivity index (χ1) is 5.11. The van der Waals surface area contributed by atoms with Crippen LogP contribution in [0.1, 0.15) is 5.76 Å². The Balaban J connectivity index is 2.96. The van der Waals surface area contributed by atoms with E-state index in [1.807, 2.05) is 5.16 Å². The summed E-state index contributed by atoms with van der Waals surface area (Å²) < 4.78 is 4.46. The van der Waals surface area contributed by atoms with Crippen LogP contribution in [0.4, 0.5) is 0 Å². The van der Waals surface area contributed by atoms with Crippen LogP contribution >= 0.6 is 11.6 Å². The summed E-state index contributed by atoms with van der Waals surface area (Å²) in [4.78, 5) is 20.6. The minimum atomic E-state index is -1.10. The van der Waals surface area contributed by atoms with Crippen molar-refractivity contribution in [1.29, 1.82) is 0 Å². The number of rotatable bonds is 2. The third kappa shape index (κ3) is 1.62. The Morgan fingerprint density at radius 2 is 2.36 bits per heavy atom. The summed E-state index contributed by atoms with van der Waals surface area (Å²) in [6.07, 6.45) is -0.391. The van der Waals surface area contributed by atoms with Crippen molar-refractivity contribution in [3.63, 3.8) is 0 Å². The molecule has 0 aliphatic carbocycles. The number of hydrogen-bond donors (Lipinski definition) is 2. The topological polar surface area (TPSA) is 83.3 Å². The molecule has 0 aliphatic rings. The quantitative estimate of drug-likeness (QED) is 0.678. The molecule has 0 atom stereocenters. The molecule has 60 valence electrons. The number of aromatic amines is 1. The summed E-state index contributed by atoms with van der Waals surface area (Å²) in [6.45, 7) is 0. The van der Waals surface area contributed by atoms with Gasteiger partial charge in [-0.25, -0.2) is 0 Å². The molecule has 0 fully saturated rings. The Hall–Kier alpha value is -1.23. The van der Waals surface area contributed by atoms with Crippen LogP contribution in [-0.2, 0) is 11.2 Å². The van der Waals surface area contributed by atoms with Gasteiger partial charge in [0, 0.05) is 0 Å². The highest BCUT2D eigenvalue weighted by Crippen LogP contribution is 2.09. The van der Waals surface area contributed by atoms with Crippen molar-refractivity contribution in [3.05, 3.63) is 21.1 Å². The Morgan fingerprint density at radius 3 is 2.73 bits per heavy atom. The van der Waals surface area contributed by atoms with Crippen LogP contribution < -0.4 is 5.56 Å².